The number of carbonyl (C=O) groups excluding carboxylic acids is 2. The molecule has 0 saturated heterocycles. The van der Waals surface area contributed by atoms with Gasteiger partial charge in [0.05, 0.1) is 13.2 Å². The maximum atomic E-state index is 12.7. The maximum absolute atomic E-state index is 12.7. The normalized spacial score (nSPS) is 16.9. The van der Waals surface area contributed by atoms with E-state index in [0.717, 1.165) is 19.3 Å². The summed E-state index contributed by atoms with van der Waals surface area (Å²) in [6, 6.07) is 0. The molecular weight excluding hydrogens is 313 g/mol. The lowest BCUT2D eigenvalue weighted by molar-refractivity contribution is -0.184. The molecule has 23 heavy (non-hydrogen) atoms. The number of rotatable bonds is 7. The van der Waals surface area contributed by atoms with Crippen molar-refractivity contribution in [2.45, 2.75) is 65.0 Å². The fourth-order valence-corrected chi connectivity index (χ4v) is 3.28. The maximum Gasteiger partial charge on any atom is 0.389 e. The molecule has 134 valence electrons. The predicted molar refractivity (Wildman–Crippen MR) is 77.6 cm³/mol. The monoisotopic (exact) mass is 338 g/mol. The Bertz CT molecular complexity index is 383. The van der Waals surface area contributed by atoms with Crippen LogP contribution in [0.2, 0.25) is 0 Å². The average molecular weight is 338 g/mol. The second kappa shape index (κ2) is 8.55. The molecule has 1 rings (SSSR count). The van der Waals surface area contributed by atoms with E-state index >= 15 is 0 Å². The van der Waals surface area contributed by atoms with Gasteiger partial charge in [-0.2, -0.15) is 13.2 Å². The summed E-state index contributed by atoms with van der Waals surface area (Å²) in [5, 5.41) is 0. The highest BCUT2D eigenvalue weighted by molar-refractivity contribution is 6.00. The molecule has 0 N–H and O–H groups in total. The van der Waals surface area contributed by atoms with Gasteiger partial charge < -0.3 is 9.47 Å². The van der Waals surface area contributed by atoms with Crippen LogP contribution in [0.5, 0.6) is 0 Å². The van der Waals surface area contributed by atoms with E-state index in [1.807, 2.05) is 0 Å². The lowest BCUT2D eigenvalue weighted by Crippen LogP contribution is -2.49. The van der Waals surface area contributed by atoms with Crippen LogP contribution in [0.1, 0.15) is 58.8 Å². The summed E-state index contributed by atoms with van der Waals surface area (Å²) in [5.41, 5.74) is -1.85. The molecule has 1 fully saturated rings. The molecule has 0 aliphatic heterocycles. The molecule has 0 unspecified atom stereocenters. The molecule has 0 aromatic heterocycles. The van der Waals surface area contributed by atoms with Crippen molar-refractivity contribution in [2.24, 2.45) is 11.3 Å². The first-order valence-corrected chi connectivity index (χ1v) is 8.19. The number of hydrogen-bond donors (Lipinski definition) is 0. The molecule has 0 atom stereocenters. The molecular formula is C16H25F3O4. The third kappa shape index (κ3) is 5.11. The highest BCUT2D eigenvalue weighted by Crippen LogP contribution is 2.45. The molecule has 0 heterocycles. The SMILES string of the molecule is CCOC(=O)C(CCC(F)(F)F)(C(=O)OCC)C1CCCCC1. The summed E-state index contributed by atoms with van der Waals surface area (Å²) in [6.07, 6.45) is -2.66. The van der Waals surface area contributed by atoms with Gasteiger partial charge in [0, 0.05) is 6.42 Å². The number of esters is 2. The Kier molecular flexibility index (Phi) is 7.35. The number of hydrogen-bond acceptors (Lipinski definition) is 4. The first-order valence-electron chi connectivity index (χ1n) is 8.19. The molecule has 0 amide bonds. The van der Waals surface area contributed by atoms with Crippen LogP contribution in [0.4, 0.5) is 13.2 Å². The molecule has 0 bridgehead atoms. The van der Waals surface area contributed by atoms with Gasteiger partial charge in [-0.25, -0.2) is 0 Å². The molecule has 0 aromatic carbocycles. The van der Waals surface area contributed by atoms with Crippen LogP contribution < -0.4 is 0 Å². The van der Waals surface area contributed by atoms with Crippen molar-refractivity contribution in [1.29, 1.82) is 0 Å². The minimum absolute atomic E-state index is 0.0126. The summed E-state index contributed by atoms with van der Waals surface area (Å²) >= 11 is 0. The van der Waals surface area contributed by atoms with Crippen LogP contribution in [-0.2, 0) is 19.1 Å². The molecule has 7 heteroatoms. The van der Waals surface area contributed by atoms with E-state index in [1.165, 1.54) is 0 Å². The standard InChI is InChI=1S/C16H25F3O4/c1-3-22-13(20)15(14(21)23-4-2,10-11-16(17,18)19)12-8-6-5-7-9-12/h12H,3-11H2,1-2H3. The zero-order valence-corrected chi connectivity index (χ0v) is 13.7. The first kappa shape index (κ1) is 19.8. The summed E-state index contributed by atoms with van der Waals surface area (Å²) in [7, 11) is 0. The van der Waals surface area contributed by atoms with Gasteiger partial charge in [-0.15, -0.1) is 0 Å². The Morgan fingerprint density at radius 3 is 1.78 bits per heavy atom. The van der Waals surface area contributed by atoms with E-state index in [2.05, 4.69) is 0 Å². The third-order valence-corrected chi connectivity index (χ3v) is 4.38. The molecule has 1 aliphatic carbocycles. The van der Waals surface area contributed by atoms with E-state index in [-0.39, 0.29) is 13.2 Å². The number of ether oxygens (including phenoxy) is 2. The zero-order chi connectivity index (χ0) is 17.5. The minimum Gasteiger partial charge on any atom is -0.465 e. The smallest absolute Gasteiger partial charge is 0.389 e. The van der Waals surface area contributed by atoms with Crippen LogP contribution in [0, 0.1) is 11.3 Å². The largest absolute Gasteiger partial charge is 0.465 e. The molecule has 0 aromatic rings. The van der Waals surface area contributed by atoms with Gasteiger partial charge in [0.1, 0.15) is 0 Å². The van der Waals surface area contributed by atoms with Gasteiger partial charge in [-0.05, 0) is 39.0 Å². The summed E-state index contributed by atoms with van der Waals surface area (Å²) in [4.78, 5) is 25.0. The Hall–Kier alpha value is -1.27. The number of halogens is 3. The summed E-state index contributed by atoms with van der Waals surface area (Å²) < 4.78 is 48.2. The van der Waals surface area contributed by atoms with Gasteiger partial charge in [0.15, 0.2) is 5.41 Å². The van der Waals surface area contributed by atoms with Crippen molar-refractivity contribution in [3.63, 3.8) is 0 Å². The second-order valence-corrected chi connectivity index (χ2v) is 5.86. The van der Waals surface area contributed by atoms with E-state index in [4.69, 9.17) is 9.47 Å². The van der Waals surface area contributed by atoms with Gasteiger partial charge in [-0.3, -0.25) is 9.59 Å². The molecule has 0 spiro atoms. The van der Waals surface area contributed by atoms with Crippen molar-refractivity contribution in [3.05, 3.63) is 0 Å². The van der Waals surface area contributed by atoms with Crippen LogP contribution in [0.3, 0.4) is 0 Å². The van der Waals surface area contributed by atoms with Gasteiger partial charge in [0.2, 0.25) is 0 Å². The number of carbonyl (C=O) groups is 2. The minimum atomic E-state index is -4.45. The van der Waals surface area contributed by atoms with Crippen LogP contribution in [0.25, 0.3) is 0 Å². The fraction of sp³-hybridized carbons (Fsp3) is 0.875. The zero-order valence-electron chi connectivity index (χ0n) is 13.7. The van der Waals surface area contributed by atoms with Gasteiger partial charge >= 0.3 is 18.1 Å². The van der Waals surface area contributed by atoms with E-state index in [0.29, 0.717) is 12.8 Å². The third-order valence-electron chi connectivity index (χ3n) is 4.38. The fourth-order valence-electron chi connectivity index (χ4n) is 3.28. The second-order valence-electron chi connectivity index (χ2n) is 5.86. The van der Waals surface area contributed by atoms with E-state index in [9.17, 15) is 22.8 Å². The molecule has 1 aliphatic rings. The van der Waals surface area contributed by atoms with Crippen LogP contribution in [0.15, 0.2) is 0 Å². The van der Waals surface area contributed by atoms with Crippen molar-refractivity contribution in [3.8, 4) is 0 Å². The molecule has 4 nitrogen and oxygen atoms in total. The highest BCUT2D eigenvalue weighted by atomic mass is 19.4. The molecule has 1 saturated carbocycles. The van der Waals surface area contributed by atoms with Crippen molar-refractivity contribution >= 4 is 11.9 Å². The Balaban J connectivity index is 3.18. The number of alkyl halides is 3. The van der Waals surface area contributed by atoms with Gasteiger partial charge in [-0.1, -0.05) is 19.3 Å². The van der Waals surface area contributed by atoms with E-state index in [1.54, 1.807) is 13.8 Å². The van der Waals surface area contributed by atoms with Crippen LogP contribution >= 0.6 is 0 Å². The first-order chi connectivity index (χ1) is 10.8. The highest BCUT2D eigenvalue weighted by Gasteiger charge is 2.55. The van der Waals surface area contributed by atoms with Crippen LogP contribution in [-0.4, -0.2) is 31.3 Å². The van der Waals surface area contributed by atoms with Crippen molar-refractivity contribution in [1.82, 2.24) is 0 Å². The van der Waals surface area contributed by atoms with Crippen molar-refractivity contribution < 1.29 is 32.2 Å². The summed E-state index contributed by atoms with van der Waals surface area (Å²) in [6.45, 7) is 3.16. The Morgan fingerprint density at radius 2 is 1.39 bits per heavy atom. The summed E-state index contributed by atoms with van der Waals surface area (Å²) in [5.74, 6) is -2.22. The average Bonchev–Trinajstić information content (AvgIpc) is 2.48. The Labute approximate surface area is 134 Å². The van der Waals surface area contributed by atoms with E-state index < -0.39 is 42.3 Å². The topological polar surface area (TPSA) is 52.6 Å². The van der Waals surface area contributed by atoms with Crippen molar-refractivity contribution in [2.75, 3.05) is 13.2 Å². The quantitative estimate of drug-likeness (QED) is 0.520. The lowest BCUT2D eigenvalue weighted by atomic mass is 9.66. The molecule has 0 radical (unpaired) electrons. The van der Waals surface area contributed by atoms with Gasteiger partial charge in [0.25, 0.3) is 0 Å². The predicted octanol–water partition coefficient (Wildman–Crippen LogP) is 4.02. The Morgan fingerprint density at radius 1 is 0.913 bits per heavy atom. The lowest BCUT2D eigenvalue weighted by Gasteiger charge is -2.38.